The van der Waals surface area contributed by atoms with Gasteiger partial charge in [-0.2, -0.15) is 0 Å². The van der Waals surface area contributed by atoms with Gasteiger partial charge in [-0.05, 0) is 30.8 Å². The van der Waals surface area contributed by atoms with E-state index in [1.165, 1.54) is 0 Å². The minimum atomic E-state index is 0.0367. The van der Waals surface area contributed by atoms with Gasteiger partial charge in [-0.1, -0.05) is 30.7 Å². The van der Waals surface area contributed by atoms with Crippen LogP contribution < -0.4 is 5.32 Å². The molecule has 1 N–H and O–H groups in total. The minimum Gasteiger partial charge on any atom is -0.305 e. The molecule has 0 aliphatic rings. The molecule has 0 saturated carbocycles. The van der Waals surface area contributed by atoms with Crippen LogP contribution in [0.25, 0.3) is 11.0 Å². The zero-order valence-corrected chi connectivity index (χ0v) is 12.6. The van der Waals surface area contributed by atoms with Crippen LogP contribution in [0.5, 0.6) is 0 Å². The van der Waals surface area contributed by atoms with Crippen LogP contribution in [-0.2, 0) is 0 Å². The van der Waals surface area contributed by atoms with Crippen molar-refractivity contribution < 1.29 is 0 Å². The van der Waals surface area contributed by atoms with Crippen LogP contribution in [0.1, 0.15) is 23.5 Å². The zero-order valence-electron chi connectivity index (χ0n) is 11.0. The van der Waals surface area contributed by atoms with E-state index in [1.807, 2.05) is 42.6 Å². The van der Waals surface area contributed by atoms with Crippen molar-refractivity contribution >= 4 is 34.0 Å². The molecule has 102 valence electrons. The summed E-state index contributed by atoms with van der Waals surface area (Å²) in [6, 6.07) is 11.9. The van der Waals surface area contributed by atoms with Gasteiger partial charge in [0.15, 0.2) is 0 Å². The Morgan fingerprint density at radius 1 is 1.20 bits per heavy atom. The summed E-state index contributed by atoms with van der Waals surface area (Å²) in [5.74, 6) is 0. The molecule has 1 unspecified atom stereocenters. The molecule has 3 nitrogen and oxygen atoms in total. The van der Waals surface area contributed by atoms with E-state index in [4.69, 9.17) is 16.6 Å². The number of fused-ring (bicyclic) bond motifs is 1. The maximum absolute atomic E-state index is 6.04. The number of nitrogens with one attached hydrogen (secondary N) is 1. The highest BCUT2D eigenvalue weighted by Crippen LogP contribution is 2.30. The lowest BCUT2D eigenvalue weighted by atomic mass is 10.1. The van der Waals surface area contributed by atoms with E-state index in [2.05, 4.69) is 17.2 Å². The molecule has 0 saturated heterocycles. The highest BCUT2D eigenvalue weighted by molar-refractivity contribution is 7.16. The molecule has 2 heterocycles. The zero-order chi connectivity index (χ0) is 13.9. The van der Waals surface area contributed by atoms with Crippen molar-refractivity contribution in [1.82, 2.24) is 15.3 Å². The van der Waals surface area contributed by atoms with E-state index in [0.29, 0.717) is 0 Å². The third-order valence-electron chi connectivity index (χ3n) is 3.05. The van der Waals surface area contributed by atoms with Gasteiger partial charge < -0.3 is 5.32 Å². The van der Waals surface area contributed by atoms with Crippen molar-refractivity contribution in [3.8, 4) is 0 Å². The summed E-state index contributed by atoms with van der Waals surface area (Å²) in [6.07, 6.45) is 1.84. The fourth-order valence-corrected chi connectivity index (χ4v) is 3.30. The topological polar surface area (TPSA) is 37.8 Å². The second-order valence-corrected chi connectivity index (χ2v) is 6.16. The number of halogens is 1. The SMILES string of the molecule is CCNC(c1cnc2ccccc2n1)c1ccc(Cl)s1. The summed E-state index contributed by atoms with van der Waals surface area (Å²) in [5, 5.41) is 3.44. The summed E-state index contributed by atoms with van der Waals surface area (Å²) in [5.41, 5.74) is 2.75. The van der Waals surface area contributed by atoms with Gasteiger partial charge in [0.05, 0.1) is 33.3 Å². The molecule has 3 aromatic rings. The summed E-state index contributed by atoms with van der Waals surface area (Å²) >= 11 is 7.61. The first-order chi connectivity index (χ1) is 9.78. The Hall–Kier alpha value is -1.49. The second kappa shape index (κ2) is 5.87. The number of nitrogens with zero attached hydrogens (tertiary/aromatic N) is 2. The molecule has 1 atom stereocenters. The van der Waals surface area contributed by atoms with Crippen LogP contribution in [0, 0.1) is 0 Å². The molecule has 5 heteroatoms. The largest absolute Gasteiger partial charge is 0.305 e. The van der Waals surface area contributed by atoms with Gasteiger partial charge in [0.25, 0.3) is 0 Å². The number of hydrogen-bond acceptors (Lipinski definition) is 4. The fraction of sp³-hybridized carbons (Fsp3) is 0.200. The van der Waals surface area contributed by atoms with Gasteiger partial charge in [0, 0.05) is 4.88 Å². The number of aromatic nitrogens is 2. The van der Waals surface area contributed by atoms with Gasteiger partial charge in [-0.3, -0.25) is 4.98 Å². The summed E-state index contributed by atoms with van der Waals surface area (Å²) < 4.78 is 0.789. The fourth-order valence-electron chi connectivity index (χ4n) is 2.15. The van der Waals surface area contributed by atoms with Crippen LogP contribution in [0.3, 0.4) is 0 Å². The Labute approximate surface area is 126 Å². The van der Waals surface area contributed by atoms with Crippen LogP contribution in [0.15, 0.2) is 42.6 Å². The smallest absolute Gasteiger partial charge is 0.0931 e. The Morgan fingerprint density at radius 3 is 2.70 bits per heavy atom. The molecule has 20 heavy (non-hydrogen) atoms. The summed E-state index contributed by atoms with van der Waals surface area (Å²) in [6.45, 7) is 2.94. The molecule has 1 aromatic carbocycles. The van der Waals surface area contributed by atoms with Crippen molar-refractivity contribution in [2.24, 2.45) is 0 Å². The lowest BCUT2D eigenvalue weighted by Gasteiger charge is -2.15. The Bertz CT molecular complexity index is 726. The van der Waals surface area contributed by atoms with Crippen molar-refractivity contribution in [3.05, 3.63) is 57.5 Å². The average molecular weight is 304 g/mol. The molecular weight excluding hydrogens is 290 g/mol. The predicted octanol–water partition coefficient (Wildman–Crippen LogP) is 4.04. The van der Waals surface area contributed by atoms with Crippen LogP contribution in [-0.4, -0.2) is 16.5 Å². The molecule has 0 spiro atoms. The van der Waals surface area contributed by atoms with Gasteiger partial charge in [0.1, 0.15) is 0 Å². The number of para-hydroxylation sites is 2. The van der Waals surface area contributed by atoms with E-state index in [9.17, 15) is 0 Å². The van der Waals surface area contributed by atoms with E-state index < -0.39 is 0 Å². The third kappa shape index (κ3) is 2.68. The molecule has 3 rings (SSSR count). The predicted molar refractivity (Wildman–Crippen MR) is 84.4 cm³/mol. The molecule has 0 aliphatic heterocycles. The van der Waals surface area contributed by atoms with Crippen molar-refractivity contribution in [2.45, 2.75) is 13.0 Å². The number of thiophene rings is 1. The molecule has 0 aliphatic carbocycles. The van der Waals surface area contributed by atoms with Gasteiger partial charge in [0.2, 0.25) is 0 Å². The van der Waals surface area contributed by atoms with Crippen LogP contribution in [0.4, 0.5) is 0 Å². The van der Waals surface area contributed by atoms with Crippen LogP contribution >= 0.6 is 22.9 Å². The van der Waals surface area contributed by atoms with Crippen molar-refractivity contribution in [3.63, 3.8) is 0 Å². The summed E-state index contributed by atoms with van der Waals surface area (Å²) in [4.78, 5) is 10.4. The summed E-state index contributed by atoms with van der Waals surface area (Å²) in [7, 11) is 0. The van der Waals surface area contributed by atoms with E-state index >= 15 is 0 Å². The normalized spacial score (nSPS) is 12.7. The first-order valence-electron chi connectivity index (χ1n) is 6.48. The number of benzene rings is 1. The van der Waals surface area contributed by atoms with Gasteiger partial charge >= 0.3 is 0 Å². The Morgan fingerprint density at radius 2 is 2.00 bits per heavy atom. The maximum Gasteiger partial charge on any atom is 0.0931 e. The molecule has 0 radical (unpaired) electrons. The van der Waals surface area contributed by atoms with Crippen LogP contribution in [0.2, 0.25) is 4.34 Å². The molecule has 0 fully saturated rings. The molecule has 0 bridgehead atoms. The molecular formula is C15H14ClN3S. The number of hydrogen-bond donors (Lipinski definition) is 1. The lowest BCUT2D eigenvalue weighted by molar-refractivity contribution is 0.624. The quantitative estimate of drug-likeness (QED) is 0.790. The van der Waals surface area contributed by atoms with E-state index in [-0.39, 0.29) is 6.04 Å². The van der Waals surface area contributed by atoms with Gasteiger partial charge in [-0.25, -0.2) is 4.98 Å². The highest BCUT2D eigenvalue weighted by atomic mass is 35.5. The molecule has 0 amide bonds. The van der Waals surface area contributed by atoms with E-state index in [0.717, 1.165) is 32.5 Å². The average Bonchev–Trinajstić information content (AvgIpc) is 2.90. The monoisotopic (exact) mass is 303 g/mol. The second-order valence-electron chi connectivity index (χ2n) is 4.42. The van der Waals surface area contributed by atoms with E-state index in [1.54, 1.807) is 11.3 Å². The lowest BCUT2D eigenvalue weighted by Crippen LogP contribution is -2.22. The molecule has 2 aromatic heterocycles. The van der Waals surface area contributed by atoms with Gasteiger partial charge in [-0.15, -0.1) is 11.3 Å². The Kier molecular flexibility index (Phi) is 3.96. The Balaban J connectivity index is 2.04. The van der Waals surface area contributed by atoms with Crippen molar-refractivity contribution in [1.29, 1.82) is 0 Å². The minimum absolute atomic E-state index is 0.0367. The first-order valence-corrected chi connectivity index (χ1v) is 7.67. The standard InChI is InChI=1S/C15H14ClN3S/c1-2-17-15(13-7-8-14(16)20-13)12-9-18-10-5-3-4-6-11(10)19-12/h3-9,15,17H,2H2,1H3. The van der Waals surface area contributed by atoms with Crippen molar-refractivity contribution in [2.75, 3.05) is 6.54 Å². The number of rotatable bonds is 4. The first kappa shape index (κ1) is 13.5. The third-order valence-corrected chi connectivity index (χ3v) is 4.35. The highest BCUT2D eigenvalue weighted by Gasteiger charge is 2.17. The maximum atomic E-state index is 6.04.